The van der Waals surface area contributed by atoms with E-state index in [0.29, 0.717) is 17.9 Å². The Morgan fingerprint density at radius 2 is 1.88 bits per heavy atom. The molecule has 0 unspecified atom stereocenters. The van der Waals surface area contributed by atoms with Gasteiger partial charge in [-0.2, -0.15) is 0 Å². The fraction of sp³-hybridized carbons (Fsp3) is 0.143. The number of carbonyl (C=O) groups is 1. The van der Waals surface area contributed by atoms with E-state index in [0.717, 1.165) is 26.7 Å². The van der Waals surface area contributed by atoms with Crippen LogP contribution < -0.4 is 0 Å². The first-order valence-corrected chi connectivity index (χ1v) is 8.89. The molecule has 0 saturated carbocycles. The molecule has 3 aromatic rings. The minimum atomic E-state index is -0.364. The van der Waals surface area contributed by atoms with Crippen molar-refractivity contribution in [3.8, 4) is 22.4 Å². The molecule has 0 N–H and O–H groups in total. The van der Waals surface area contributed by atoms with Crippen molar-refractivity contribution in [1.82, 2.24) is 4.98 Å². The van der Waals surface area contributed by atoms with Crippen LogP contribution in [0.2, 0.25) is 0 Å². The monoisotopic (exact) mass is 395 g/mol. The molecule has 3 rings (SSSR count). The normalized spacial score (nSPS) is 10.5. The van der Waals surface area contributed by atoms with Crippen molar-refractivity contribution in [1.29, 1.82) is 0 Å². The number of nitrogens with zero attached hydrogens (tertiary/aromatic N) is 1. The Bertz CT molecular complexity index is 907. The van der Waals surface area contributed by atoms with Crippen LogP contribution in [0, 0.1) is 6.92 Å². The molecule has 3 nitrogen and oxygen atoms in total. The van der Waals surface area contributed by atoms with Crippen molar-refractivity contribution in [2.45, 2.75) is 13.8 Å². The fourth-order valence-electron chi connectivity index (χ4n) is 2.81. The average Bonchev–Trinajstić information content (AvgIpc) is 2.62. The molecule has 1 heterocycles. The summed E-state index contributed by atoms with van der Waals surface area (Å²) in [7, 11) is 0. The number of aryl methyl sites for hydroxylation is 1. The maximum Gasteiger partial charge on any atom is 0.340 e. The van der Waals surface area contributed by atoms with Gasteiger partial charge in [-0.05, 0) is 48.7 Å². The summed E-state index contributed by atoms with van der Waals surface area (Å²) >= 11 is 3.66. The Kier molecular flexibility index (Phi) is 5.29. The topological polar surface area (TPSA) is 39.2 Å². The van der Waals surface area contributed by atoms with Crippen LogP contribution in [0.15, 0.2) is 65.3 Å². The molecule has 0 bridgehead atoms. The maximum atomic E-state index is 12.4. The molecule has 0 aliphatic rings. The van der Waals surface area contributed by atoms with Crippen LogP contribution in [0.4, 0.5) is 0 Å². The third-order valence-electron chi connectivity index (χ3n) is 3.86. The Morgan fingerprint density at radius 1 is 1.12 bits per heavy atom. The molecule has 0 radical (unpaired) electrons. The predicted octanol–water partition coefficient (Wildman–Crippen LogP) is 5.66. The van der Waals surface area contributed by atoms with E-state index < -0.39 is 0 Å². The van der Waals surface area contributed by atoms with Crippen LogP contribution in [-0.4, -0.2) is 17.6 Å². The number of rotatable bonds is 4. The molecular weight excluding hydrogens is 378 g/mol. The quantitative estimate of drug-likeness (QED) is 0.534. The summed E-state index contributed by atoms with van der Waals surface area (Å²) in [4.78, 5) is 16.9. The van der Waals surface area contributed by atoms with Gasteiger partial charge >= 0.3 is 5.97 Å². The van der Waals surface area contributed by atoms with Crippen molar-refractivity contribution >= 4 is 21.9 Å². The van der Waals surface area contributed by atoms with Gasteiger partial charge in [-0.25, -0.2) is 4.79 Å². The highest BCUT2D eigenvalue weighted by atomic mass is 79.9. The zero-order valence-corrected chi connectivity index (χ0v) is 15.7. The van der Waals surface area contributed by atoms with E-state index in [1.165, 1.54) is 0 Å². The second kappa shape index (κ2) is 7.62. The zero-order valence-electron chi connectivity index (χ0n) is 14.1. The molecule has 0 fully saturated rings. The highest BCUT2D eigenvalue weighted by Crippen LogP contribution is 2.39. The summed E-state index contributed by atoms with van der Waals surface area (Å²) in [6.07, 6.45) is 1.69. The Balaban J connectivity index is 2.27. The van der Waals surface area contributed by atoms with Crippen molar-refractivity contribution in [2.24, 2.45) is 0 Å². The number of benzene rings is 2. The molecule has 0 saturated heterocycles. The molecular formula is C21H18BrNO2. The van der Waals surface area contributed by atoms with Crippen LogP contribution >= 0.6 is 15.9 Å². The SMILES string of the molecule is CCOC(=O)c1cccnc1-c1c(Br)cc(C)cc1-c1ccccc1. The van der Waals surface area contributed by atoms with Gasteiger partial charge in [-0.3, -0.25) is 4.98 Å². The smallest absolute Gasteiger partial charge is 0.340 e. The van der Waals surface area contributed by atoms with Gasteiger partial charge in [0.15, 0.2) is 0 Å². The van der Waals surface area contributed by atoms with E-state index in [2.05, 4.69) is 39.1 Å². The number of aromatic nitrogens is 1. The number of halogens is 1. The van der Waals surface area contributed by atoms with Crippen molar-refractivity contribution < 1.29 is 9.53 Å². The molecule has 25 heavy (non-hydrogen) atoms. The summed E-state index contributed by atoms with van der Waals surface area (Å²) in [5, 5.41) is 0. The van der Waals surface area contributed by atoms with Gasteiger partial charge in [-0.1, -0.05) is 52.3 Å². The molecule has 0 atom stereocenters. The van der Waals surface area contributed by atoms with E-state index in [9.17, 15) is 4.79 Å². The van der Waals surface area contributed by atoms with E-state index in [-0.39, 0.29) is 5.97 Å². The third-order valence-corrected chi connectivity index (χ3v) is 4.48. The first kappa shape index (κ1) is 17.4. The molecule has 0 aliphatic carbocycles. The lowest BCUT2D eigenvalue weighted by Gasteiger charge is -2.15. The molecule has 1 aromatic heterocycles. The summed E-state index contributed by atoms with van der Waals surface area (Å²) in [5.74, 6) is -0.364. The first-order valence-electron chi connectivity index (χ1n) is 8.10. The van der Waals surface area contributed by atoms with Crippen molar-refractivity contribution in [2.75, 3.05) is 6.61 Å². The van der Waals surface area contributed by atoms with Gasteiger partial charge in [0.2, 0.25) is 0 Å². The van der Waals surface area contributed by atoms with Crippen LogP contribution in [0.1, 0.15) is 22.8 Å². The van der Waals surface area contributed by atoms with Gasteiger partial charge < -0.3 is 4.74 Å². The van der Waals surface area contributed by atoms with E-state index in [1.54, 1.807) is 25.3 Å². The van der Waals surface area contributed by atoms with Gasteiger partial charge in [0.1, 0.15) is 0 Å². The fourth-order valence-corrected chi connectivity index (χ4v) is 3.57. The first-order chi connectivity index (χ1) is 12.1. The molecule has 0 aliphatic heterocycles. The van der Waals surface area contributed by atoms with Crippen LogP contribution in [0.3, 0.4) is 0 Å². The Labute approximate surface area is 155 Å². The van der Waals surface area contributed by atoms with E-state index >= 15 is 0 Å². The summed E-state index contributed by atoms with van der Waals surface area (Å²) in [6.45, 7) is 4.17. The van der Waals surface area contributed by atoms with E-state index in [1.807, 2.05) is 31.2 Å². The average molecular weight is 396 g/mol. The lowest BCUT2D eigenvalue weighted by Crippen LogP contribution is -2.08. The summed E-state index contributed by atoms with van der Waals surface area (Å²) in [5.41, 5.74) is 5.19. The minimum Gasteiger partial charge on any atom is -0.462 e. The summed E-state index contributed by atoms with van der Waals surface area (Å²) in [6, 6.07) is 17.7. The molecule has 0 amide bonds. The van der Waals surface area contributed by atoms with Gasteiger partial charge in [0, 0.05) is 16.2 Å². The summed E-state index contributed by atoms with van der Waals surface area (Å²) < 4.78 is 6.10. The second-order valence-electron chi connectivity index (χ2n) is 5.66. The standard InChI is InChI=1S/C21H18BrNO2/c1-3-25-21(24)16-10-7-11-23-20(16)19-17(12-14(2)13-18(19)22)15-8-5-4-6-9-15/h4-13H,3H2,1-2H3. The number of hydrogen-bond donors (Lipinski definition) is 0. The third kappa shape index (κ3) is 3.64. The number of esters is 1. The number of pyridine rings is 1. The maximum absolute atomic E-state index is 12.4. The Morgan fingerprint density at radius 3 is 2.60 bits per heavy atom. The largest absolute Gasteiger partial charge is 0.462 e. The highest BCUT2D eigenvalue weighted by molar-refractivity contribution is 9.10. The second-order valence-corrected chi connectivity index (χ2v) is 6.51. The van der Waals surface area contributed by atoms with Gasteiger partial charge in [-0.15, -0.1) is 0 Å². The Hall–Kier alpha value is -2.46. The van der Waals surface area contributed by atoms with Crippen molar-refractivity contribution in [3.63, 3.8) is 0 Å². The van der Waals surface area contributed by atoms with Gasteiger partial charge in [0.25, 0.3) is 0 Å². The van der Waals surface area contributed by atoms with Crippen LogP contribution in [0.25, 0.3) is 22.4 Å². The van der Waals surface area contributed by atoms with E-state index in [4.69, 9.17) is 4.74 Å². The molecule has 4 heteroatoms. The number of carbonyl (C=O) groups excluding carboxylic acids is 1. The zero-order chi connectivity index (χ0) is 17.8. The highest BCUT2D eigenvalue weighted by Gasteiger charge is 2.20. The lowest BCUT2D eigenvalue weighted by atomic mass is 9.93. The lowest BCUT2D eigenvalue weighted by molar-refractivity contribution is 0.0527. The molecule has 2 aromatic carbocycles. The van der Waals surface area contributed by atoms with Gasteiger partial charge in [0.05, 0.1) is 17.9 Å². The predicted molar refractivity (Wildman–Crippen MR) is 104 cm³/mol. The molecule has 0 spiro atoms. The number of hydrogen-bond acceptors (Lipinski definition) is 3. The van der Waals surface area contributed by atoms with Crippen LogP contribution in [-0.2, 0) is 4.74 Å². The minimum absolute atomic E-state index is 0.327. The van der Waals surface area contributed by atoms with Crippen molar-refractivity contribution in [3.05, 3.63) is 76.4 Å². The van der Waals surface area contributed by atoms with Crippen LogP contribution in [0.5, 0.6) is 0 Å². The number of ether oxygens (including phenoxy) is 1. The molecule has 126 valence electrons.